The fraction of sp³-hybridized carbons (Fsp3) is 0.750. The quantitative estimate of drug-likeness (QED) is 0.372. The third kappa shape index (κ3) is 9.23. The molecule has 0 aromatic heterocycles. The molecule has 0 saturated carbocycles. The van der Waals surface area contributed by atoms with Gasteiger partial charge < -0.3 is 13.6 Å². The predicted octanol–water partition coefficient (Wildman–Crippen LogP) is 3.11. The first kappa shape index (κ1) is 17.6. The van der Waals surface area contributed by atoms with Crippen molar-refractivity contribution in [3.05, 3.63) is 0 Å². The molecule has 19 heavy (non-hydrogen) atoms. The highest BCUT2D eigenvalue weighted by Gasteiger charge is 2.21. The van der Waals surface area contributed by atoms with Crippen molar-refractivity contribution in [2.24, 2.45) is 15.5 Å². The van der Waals surface area contributed by atoms with Gasteiger partial charge in [0.15, 0.2) is 0 Å². The summed E-state index contributed by atoms with van der Waals surface area (Å²) in [5.41, 5.74) is 2.62. The number of hydrogen-bond donors (Lipinski definition) is 0. The third-order valence-electron chi connectivity index (χ3n) is 2.42. The van der Waals surface area contributed by atoms with Gasteiger partial charge in [0.25, 0.3) is 0 Å². The van der Waals surface area contributed by atoms with Gasteiger partial charge in [0.1, 0.15) is 0 Å². The van der Waals surface area contributed by atoms with Crippen LogP contribution in [-0.2, 0) is 13.6 Å². The highest BCUT2D eigenvalue weighted by Crippen LogP contribution is 2.00. The Morgan fingerprint density at radius 2 is 0.947 bits per heavy atom. The standard InChI is InChI=1S/C12H25N3O3Si/c1-7-10(4)13-16-19(17-14-11(5)8-2)18-15-12(6)9-3/h19H,7-9H2,1-6H3. The Balaban J connectivity index is 4.55. The fourth-order valence-corrected chi connectivity index (χ4v) is 1.56. The lowest BCUT2D eigenvalue weighted by molar-refractivity contribution is 0.101. The largest absolute Gasteiger partial charge is 0.746 e. The number of nitrogens with zero attached hydrogens (tertiary/aromatic N) is 3. The molecule has 0 N–H and O–H groups in total. The van der Waals surface area contributed by atoms with Gasteiger partial charge in [-0.1, -0.05) is 20.8 Å². The number of rotatable bonds is 9. The fourth-order valence-electron chi connectivity index (χ4n) is 0.650. The topological polar surface area (TPSA) is 64.8 Å². The van der Waals surface area contributed by atoms with E-state index in [0.717, 1.165) is 36.4 Å². The van der Waals surface area contributed by atoms with E-state index in [1.165, 1.54) is 0 Å². The second kappa shape index (κ2) is 10.5. The van der Waals surface area contributed by atoms with Crippen LogP contribution in [0.5, 0.6) is 0 Å². The van der Waals surface area contributed by atoms with Crippen LogP contribution in [-0.4, -0.2) is 26.7 Å². The van der Waals surface area contributed by atoms with Gasteiger partial charge >= 0.3 is 9.53 Å². The molecule has 0 aliphatic heterocycles. The van der Waals surface area contributed by atoms with Gasteiger partial charge in [-0.15, -0.1) is 15.5 Å². The van der Waals surface area contributed by atoms with Crippen molar-refractivity contribution < 1.29 is 13.6 Å². The van der Waals surface area contributed by atoms with Crippen LogP contribution < -0.4 is 0 Å². The van der Waals surface area contributed by atoms with E-state index in [9.17, 15) is 0 Å². The van der Waals surface area contributed by atoms with Crippen molar-refractivity contribution in [1.29, 1.82) is 0 Å². The maximum absolute atomic E-state index is 5.25. The van der Waals surface area contributed by atoms with E-state index in [1.807, 2.05) is 41.5 Å². The van der Waals surface area contributed by atoms with E-state index in [1.54, 1.807) is 0 Å². The minimum absolute atomic E-state index is 0.815. The summed E-state index contributed by atoms with van der Waals surface area (Å²) < 4.78 is 15.8. The molecule has 0 aliphatic carbocycles. The van der Waals surface area contributed by atoms with Crippen molar-refractivity contribution in [2.45, 2.75) is 60.8 Å². The molecule has 0 atom stereocenters. The Morgan fingerprint density at radius 3 is 1.16 bits per heavy atom. The normalized spacial score (nSPS) is 15.2. The van der Waals surface area contributed by atoms with Gasteiger partial charge in [0.05, 0.1) is 17.1 Å². The summed E-state index contributed by atoms with van der Waals surface area (Å²) in [6.07, 6.45) is 2.45. The Hall–Kier alpha value is -1.37. The SMILES string of the molecule is CCC(C)=NO[SiH](ON=C(C)CC)ON=C(C)CC. The second-order valence-electron chi connectivity index (χ2n) is 4.15. The van der Waals surface area contributed by atoms with Crippen LogP contribution in [0.25, 0.3) is 0 Å². The molecule has 0 aromatic rings. The Kier molecular flexibility index (Phi) is 9.78. The molecule has 0 saturated heterocycles. The molecule has 0 bridgehead atoms. The summed E-state index contributed by atoms with van der Waals surface area (Å²) in [6, 6.07) is 0. The summed E-state index contributed by atoms with van der Waals surface area (Å²) >= 11 is 0. The molecule has 0 fully saturated rings. The molecule has 6 nitrogen and oxygen atoms in total. The predicted molar refractivity (Wildman–Crippen MR) is 80.6 cm³/mol. The van der Waals surface area contributed by atoms with Crippen molar-refractivity contribution in [2.75, 3.05) is 0 Å². The van der Waals surface area contributed by atoms with Crippen LogP contribution in [0.3, 0.4) is 0 Å². The van der Waals surface area contributed by atoms with E-state index in [2.05, 4.69) is 15.5 Å². The minimum Gasteiger partial charge on any atom is -0.375 e. The van der Waals surface area contributed by atoms with Gasteiger partial charge in [-0.05, 0) is 40.0 Å². The number of hydrogen-bond acceptors (Lipinski definition) is 6. The van der Waals surface area contributed by atoms with Crippen LogP contribution in [0.2, 0.25) is 0 Å². The van der Waals surface area contributed by atoms with E-state index >= 15 is 0 Å². The van der Waals surface area contributed by atoms with Gasteiger partial charge in [0.2, 0.25) is 0 Å². The van der Waals surface area contributed by atoms with Crippen molar-refractivity contribution in [3.8, 4) is 0 Å². The average molecular weight is 287 g/mol. The summed E-state index contributed by atoms with van der Waals surface area (Å²) in [7, 11) is -2.51. The summed E-state index contributed by atoms with van der Waals surface area (Å²) in [6.45, 7) is 11.6. The Morgan fingerprint density at radius 1 is 0.684 bits per heavy atom. The second-order valence-corrected chi connectivity index (χ2v) is 5.36. The van der Waals surface area contributed by atoms with Gasteiger partial charge in [-0.3, -0.25) is 0 Å². The molecule has 0 spiro atoms. The molecule has 0 aromatic carbocycles. The Bertz CT molecular complexity index is 291. The van der Waals surface area contributed by atoms with Crippen molar-refractivity contribution >= 4 is 26.7 Å². The summed E-state index contributed by atoms with van der Waals surface area (Å²) in [5, 5.41) is 11.8. The molecule has 110 valence electrons. The van der Waals surface area contributed by atoms with Crippen molar-refractivity contribution in [3.63, 3.8) is 0 Å². The molecular weight excluding hydrogens is 262 g/mol. The average Bonchev–Trinajstić information content (AvgIpc) is 2.44. The van der Waals surface area contributed by atoms with E-state index in [4.69, 9.17) is 13.6 Å². The summed E-state index contributed by atoms with van der Waals surface area (Å²) in [4.78, 5) is 0. The monoisotopic (exact) mass is 287 g/mol. The first-order chi connectivity index (χ1) is 9.03. The maximum atomic E-state index is 5.25. The van der Waals surface area contributed by atoms with Gasteiger partial charge in [-0.2, -0.15) is 0 Å². The smallest absolute Gasteiger partial charge is 0.375 e. The lowest BCUT2D eigenvalue weighted by Gasteiger charge is -2.09. The van der Waals surface area contributed by atoms with Crippen LogP contribution in [0.15, 0.2) is 15.5 Å². The zero-order chi connectivity index (χ0) is 14.7. The van der Waals surface area contributed by atoms with Gasteiger partial charge in [0, 0.05) is 0 Å². The number of oxime groups is 3. The minimum atomic E-state index is -2.51. The highest BCUT2D eigenvalue weighted by molar-refractivity contribution is 6.36. The molecule has 0 radical (unpaired) electrons. The first-order valence-electron chi connectivity index (χ1n) is 6.61. The van der Waals surface area contributed by atoms with E-state index in [0.29, 0.717) is 0 Å². The van der Waals surface area contributed by atoms with E-state index < -0.39 is 9.53 Å². The highest BCUT2D eigenvalue weighted by atomic mass is 28.3. The molecular formula is C12H25N3O3Si. The van der Waals surface area contributed by atoms with Crippen LogP contribution in [0.1, 0.15) is 60.8 Å². The lowest BCUT2D eigenvalue weighted by atomic mass is 10.3. The zero-order valence-electron chi connectivity index (χ0n) is 12.8. The zero-order valence-corrected chi connectivity index (χ0v) is 13.9. The molecule has 7 heteroatoms. The summed E-state index contributed by atoms with van der Waals surface area (Å²) in [5.74, 6) is 0. The van der Waals surface area contributed by atoms with Crippen LogP contribution in [0, 0.1) is 0 Å². The third-order valence-corrected chi connectivity index (χ3v) is 3.25. The van der Waals surface area contributed by atoms with Crippen molar-refractivity contribution in [1.82, 2.24) is 0 Å². The Labute approximate surface area is 117 Å². The van der Waals surface area contributed by atoms with E-state index in [-0.39, 0.29) is 0 Å². The molecule has 0 heterocycles. The molecule has 0 unspecified atom stereocenters. The first-order valence-corrected chi connectivity index (χ1v) is 8.02. The van der Waals surface area contributed by atoms with Crippen LogP contribution >= 0.6 is 0 Å². The van der Waals surface area contributed by atoms with Crippen LogP contribution in [0.4, 0.5) is 0 Å². The molecule has 0 rings (SSSR count). The lowest BCUT2D eigenvalue weighted by Crippen LogP contribution is -2.22. The maximum Gasteiger partial charge on any atom is 0.746 e. The molecule has 0 amide bonds. The molecule has 0 aliphatic rings. The van der Waals surface area contributed by atoms with Gasteiger partial charge in [-0.25, -0.2) is 0 Å².